The molecule has 0 saturated carbocycles. The van der Waals surface area contributed by atoms with Gasteiger partial charge in [0.2, 0.25) is 5.43 Å². The Balaban J connectivity index is 1.59. The molecule has 7 nitrogen and oxygen atoms in total. The molecule has 4 aromatic rings. The number of benzene rings is 2. The quantitative estimate of drug-likeness (QED) is 0.380. The molecule has 3 aliphatic heterocycles. The largest absolute Gasteiger partial charge is 0.502 e. The molecular formula is C30H26F2N4O3. The zero-order valence-corrected chi connectivity index (χ0v) is 21.4. The van der Waals surface area contributed by atoms with Crippen LogP contribution in [0.1, 0.15) is 54.3 Å². The summed E-state index contributed by atoms with van der Waals surface area (Å²) in [5.41, 5.74) is 1.83. The number of carbonyl (C=O) groups is 1. The van der Waals surface area contributed by atoms with Crippen LogP contribution in [-0.4, -0.2) is 37.9 Å². The van der Waals surface area contributed by atoms with Crippen molar-refractivity contribution in [3.63, 3.8) is 0 Å². The van der Waals surface area contributed by atoms with Gasteiger partial charge in [-0.3, -0.25) is 19.3 Å². The molecule has 0 bridgehead atoms. The van der Waals surface area contributed by atoms with Gasteiger partial charge in [0, 0.05) is 36.1 Å². The molecule has 2 aromatic carbocycles. The van der Waals surface area contributed by atoms with Gasteiger partial charge in [0.05, 0.1) is 11.4 Å². The molecule has 2 aromatic heterocycles. The second kappa shape index (κ2) is 8.05. The first-order valence-corrected chi connectivity index (χ1v) is 13.0. The Morgan fingerprint density at radius 3 is 2.56 bits per heavy atom. The van der Waals surface area contributed by atoms with Crippen molar-refractivity contribution in [1.29, 1.82) is 0 Å². The van der Waals surface area contributed by atoms with E-state index in [-0.39, 0.29) is 16.7 Å². The molecule has 1 N–H and O–H groups in total. The molecular weight excluding hydrogens is 502 g/mol. The number of para-hydroxylation sites is 1. The van der Waals surface area contributed by atoms with Crippen LogP contribution >= 0.6 is 0 Å². The minimum Gasteiger partial charge on any atom is -0.502 e. The van der Waals surface area contributed by atoms with E-state index in [1.807, 2.05) is 40.0 Å². The number of aromatic hydroxyl groups is 1. The molecule has 2 unspecified atom stereocenters. The number of hydrogen-bond acceptors (Lipinski definition) is 4. The van der Waals surface area contributed by atoms with Crippen LogP contribution in [-0.2, 0) is 0 Å². The lowest BCUT2D eigenvalue weighted by atomic mass is 9.79. The summed E-state index contributed by atoms with van der Waals surface area (Å²) in [6.45, 7) is 4.71. The summed E-state index contributed by atoms with van der Waals surface area (Å²) >= 11 is 0. The van der Waals surface area contributed by atoms with Crippen molar-refractivity contribution in [1.82, 2.24) is 14.1 Å². The molecule has 198 valence electrons. The summed E-state index contributed by atoms with van der Waals surface area (Å²) in [6, 6.07) is 14.4. The van der Waals surface area contributed by atoms with Crippen LogP contribution in [0.2, 0.25) is 0 Å². The third kappa shape index (κ3) is 3.25. The van der Waals surface area contributed by atoms with Gasteiger partial charge in [-0.1, -0.05) is 38.1 Å². The summed E-state index contributed by atoms with van der Waals surface area (Å²) in [6.07, 6.45) is 4.16. The van der Waals surface area contributed by atoms with Crippen molar-refractivity contribution in [2.75, 3.05) is 11.6 Å². The SMILES string of the molecule is CC1(C)CCN2C(=O)c3c(O)c(=O)ccn3N(C3c4ccccc4-n4cccc4-c4c3ccc(F)c4F)C2C1. The van der Waals surface area contributed by atoms with Gasteiger partial charge in [0.15, 0.2) is 23.1 Å². The Morgan fingerprint density at radius 1 is 0.949 bits per heavy atom. The number of piperidine rings is 1. The zero-order valence-electron chi connectivity index (χ0n) is 21.4. The Hall–Kier alpha value is -4.40. The van der Waals surface area contributed by atoms with Crippen LogP contribution in [0.3, 0.4) is 0 Å². The second-order valence-corrected chi connectivity index (χ2v) is 11.2. The predicted molar refractivity (Wildman–Crippen MR) is 141 cm³/mol. The van der Waals surface area contributed by atoms with Crippen molar-refractivity contribution in [2.24, 2.45) is 5.41 Å². The van der Waals surface area contributed by atoms with Crippen LogP contribution in [0.5, 0.6) is 5.75 Å². The summed E-state index contributed by atoms with van der Waals surface area (Å²) in [7, 11) is 0. The van der Waals surface area contributed by atoms with Crippen molar-refractivity contribution < 1.29 is 18.7 Å². The fourth-order valence-electron chi connectivity index (χ4n) is 6.48. The Kier molecular flexibility index (Phi) is 4.89. The van der Waals surface area contributed by atoms with Crippen LogP contribution in [0, 0.1) is 17.0 Å². The molecule has 39 heavy (non-hydrogen) atoms. The lowest BCUT2D eigenvalue weighted by molar-refractivity contribution is 0.0245. The van der Waals surface area contributed by atoms with Crippen LogP contribution in [0.15, 0.2) is 71.8 Å². The fourth-order valence-corrected chi connectivity index (χ4v) is 6.48. The van der Waals surface area contributed by atoms with E-state index in [9.17, 15) is 19.1 Å². The Morgan fingerprint density at radius 2 is 1.74 bits per heavy atom. The molecule has 0 radical (unpaired) electrons. The molecule has 5 heterocycles. The molecule has 7 rings (SSSR count). The normalized spacial score (nSPS) is 20.9. The van der Waals surface area contributed by atoms with E-state index in [0.717, 1.165) is 23.7 Å². The number of fused-ring (bicyclic) bond motifs is 7. The van der Waals surface area contributed by atoms with Gasteiger partial charge in [-0.15, -0.1) is 0 Å². The van der Waals surface area contributed by atoms with Gasteiger partial charge in [-0.25, -0.2) is 8.78 Å². The number of pyridine rings is 1. The summed E-state index contributed by atoms with van der Waals surface area (Å²) in [4.78, 5) is 27.9. The van der Waals surface area contributed by atoms with Crippen LogP contribution in [0.4, 0.5) is 8.78 Å². The van der Waals surface area contributed by atoms with Crippen LogP contribution in [0.25, 0.3) is 16.9 Å². The first kappa shape index (κ1) is 23.7. The van der Waals surface area contributed by atoms with E-state index in [1.165, 1.54) is 16.9 Å². The summed E-state index contributed by atoms with van der Waals surface area (Å²) < 4.78 is 33.9. The average Bonchev–Trinajstić information content (AvgIpc) is 3.35. The number of carbonyl (C=O) groups excluding carboxylic acids is 1. The highest BCUT2D eigenvalue weighted by atomic mass is 19.2. The zero-order chi connectivity index (χ0) is 27.2. The lowest BCUT2D eigenvalue weighted by Gasteiger charge is -2.54. The maximum absolute atomic E-state index is 15.8. The van der Waals surface area contributed by atoms with Gasteiger partial charge in [0.1, 0.15) is 12.2 Å². The van der Waals surface area contributed by atoms with Crippen molar-refractivity contribution in [3.8, 4) is 22.7 Å². The van der Waals surface area contributed by atoms with Crippen LogP contribution < -0.4 is 10.4 Å². The van der Waals surface area contributed by atoms with Gasteiger partial charge < -0.3 is 14.6 Å². The number of aromatic nitrogens is 2. The predicted octanol–water partition coefficient (Wildman–Crippen LogP) is 4.93. The highest BCUT2D eigenvalue weighted by molar-refractivity contribution is 5.96. The van der Waals surface area contributed by atoms with Crippen molar-refractivity contribution in [2.45, 2.75) is 38.9 Å². The van der Waals surface area contributed by atoms with E-state index < -0.39 is 40.9 Å². The number of amides is 1. The molecule has 2 atom stereocenters. The highest BCUT2D eigenvalue weighted by Gasteiger charge is 2.49. The molecule has 1 saturated heterocycles. The van der Waals surface area contributed by atoms with Crippen molar-refractivity contribution in [3.05, 3.63) is 106 Å². The van der Waals surface area contributed by atoms with Gasteiger partial charge in [-0.05, 0) is 48.1 Å². The monoisotopic (exact) mass is 528 g/mol. The van der Waals surface area contributed by atoms with E-state index in [2.05, 4.69) is 13.8 Å². The molecule has 0 aliphatic carbocycles. The smallest absolute Gasteiger partial charge is 0.278 e. The lowest BCUT2D eigenvalue weighted by Crippen LogP contribution is -2.65. The second-order valence-electron chi connectivity index (χ2n) is 11.2. The average molecular weight is 529 g/mol. The minimum absolute atomic E-state index is 0.120. The van der Waals surface area contributed by atoms with Crippen molar-refractivity contribution >= 4 is 5.91 Å². The van der Waals surface area contributed by atoms with Gasteiger partial charge in [-0.2, -0.15) is 0 Å². The molecule has 1 fully saturated rings. The Labute approximate surface area is 223 Å². The third-order valence-corrected chi connectivity index (χ3v) is 8.38. The standard InChI is InChI=1S/C30H26F2N4O3/c1-30(2)12-15-34-23(16-30)36(35-14-11-22(37)28(38)27(35)29(34)39)26-17-6-3-4-7-20(17)33-13-5-8-21(33)24-18(26)9-10-19(31)25(24)32/h3-11,13-14,23,26,38H,12,15-16H2,1-2H3. The first-order valence-electron chi connectivity index (χ1n) is 13.0. The van der Waals surface area contributed by atoms with Gasteiger partial charge >= 0.3 is 0 Å². The topological polar surface area (TPSA) is 70.7 Å². The summed E-state index contributed by atoms with van der Waals surface area (Å²) in [5, 5.41) is 12.8. The van der Waals surface area contributed by atoms with E-state index in [0.29, 0.717) is 24.2 Å². The summed E-state index contributed by atoms with van der Waals surface area (Å²) in [5.74, 6) is -2.97. The fraction of sp³-hybridized carbons (Fsp3) is 0.267. The Bertz CT molecular complexity index is 1740. The molecule has 3 aliphatic rings. The maximum atomic E-state index is 15.8. The number of nitrogens with zero attached hydrogens (tertiary/aromatic N) is 4. The van der Waals surface area contributed by atoms with E-state index in [4.69, 9.17) is 0 Å². The van der Waals surface area contributed by atoms with E-state index in [1.54, 1.807) is 23.1 Å². The number of rotatable bonds is 1. The van der Waals surface area contributed by atoms with Gasteiger partial charge in [0.25, 0.3) is 5.91 Å². The van der Waals surface area contributed by atoms with E-state index >= 15 is 4.39 Å². The molecule has 1 amide bonds. The number of hydrogen-bond donors (Lipinski definition) is 1. The molecule has 0 spiro atoms. The minimum atomic E-state index is -0.956. The maximum Gasteiger partial charge on any atom is 0.278 e. The number of halogens is 2. The molecule has 9 heteroatoms. The highest BCUT2D eigenvalue weighted by Crippen LogP contribution is 2.48. The first-order chi connectivity index (χ1) is 18.7. The third-order valence-electron chi connectivity index (χ3n) is 8.38.